The number of halogens is 1. The first-order valence-electron chi connectivity index (χ1n) is 11.0. The monoisotopic (exact) mass is 465 g/mol. The fourth-order valence-electron chi connectivity index (χ4n) is 5.07. The minimum absolute atomic E-state index is 0.0611. The summed E-state index contributed by atoms with van der Waals surface area (Å²) in [5.41, 5.74) is 0.709. The maximum atomic E-state index is 12.8. The lowest BCUT2D eigenvalue weighted by Crippen LogP contribution is -2.38. The first kappa shape index (κ1) is 21.7. The van der Waals surface area contributed by atoms with Crippen LogP contribution in [0, 0.1) is 11.8 Å². The van der Waals surface area contributed by atoms with E-state index in [-0.39, 0.29) is 16.9 Å². The molecule has 2 atom stereocenters. The summed E-state index contributed by atoms with van der Waals surface area (Å²) in [4.78, 5) is 27.6. The number of phenolic OH excluding ortho intramolecular Hbond substituents is 1. The molecule has 33 heavy (non-hydrogen) atoms. The smallest absolute Gasteiger partial charge is 0.344 e. The van der Waals surface area contributed by atoms with Gasteiger partial charge in [0.15, 0.2) is 0 Å². The molecular weight excluding hydrogens is 442 g/mol. The highest BCUT2D eigenvalue weighted by atomic mass is 35.5. The molecule has 0 bridgehead atoms. The van der Waals surface area contributed by atoms with E-state index >= 15 is 0 Å². The number of rotatable bonds is 3. The predicted molar refractivity (Wildman–Crippen MR) is 129 cm³/mol. The number of piperidine rings is 1. The Bertz CT molecular complexity index is 1480. The lowest BCUT2D eigenvalue weighted by atomic mass is 9.91. The third-order valence-corrected chi connectivity index (χ3v) is 6.54. The van der Waals surface area contributed by atoms with E-state index in [4.69, 9.17) is 20.4 Å². The third kappa shape index (κ3) is 4.16. The number of aromatic hydroxyl groups is 1. The predicted octanol–water partition coefficient (Wildman–Crippen LogP) is 5.40. The molecule has 7 heteroatoms. The Balaban J connectivity index is 1.68. The minimum atomic E-state index is -0.602. The largest absolute Gasteiger partial charge is 0.507 e. The molecule has 1 saturated heterocycles. The number of hydrogen-bond donors (Lipinski definition) is 1. The highest BCUT2D eigenvalue weighted by Crippen LogP contribution is 2.35. The van der Waals surface area contributed by atoms with Crippen LogP contribution in [0.4, 0.5) is 0 Å². The molecule has 3 heterocycles. The molecule has 2 aromatic heterocycles. The van der Waals surface area contributed by atoms with Crippen LogP contribution in [0.1, 0.15) is 25.8 Å². The minimum Gasteiger partial charge on any atom is -0.507 e. The van der Waals surface area contributed by atoms with Crippen LogP contribution < -0.4 is 11.3 Å². The van der Waals surface area contributed by atoms with E-state index in [9.17, 15) is 14.7 Å². The van der Waals surface area contributed by atoms with Gasteiger partial charge in [0.2, 0.25) is 0 Å². The normalized spacial score (nSPS) is 19.4. The van der Waals surface area contributed by atoms with E-state index < -0.39 is 11.3 Å². The Hall–Kier alpha value is -3.09. The molecule has 1 N–H and O–H groups in total. The number of fused-ring (bicyclic) bond motifs is 2. The average molecular weight is 466 g/mol. The van der Waals surface area contributed by atoms with Gasteiger partial charge in [-0.25, -0.2) is 9.59 Å². The maximum Gasteiger partial charge on any atom is 0.344 e. The van der Waals surface area contributed by atoms with Crippen LogP contribution in [-0.2, 0) is 6.54 Å². The topological polar surface area (TPSA) is 83.9 Å². The zero-order valence-electron chi connectivity index (χ0n) is 18.4. The van der Waals surface area contributed by atoms with Gasteiger partial charge in [0, 0.05) is 47.1 Å². The van der Waals surface area contributed by atoms with E-state index in [1.807, 2.05) is 0 Å². The van der Waals surface area contributed by atoms with Crippen molar-refractivity contribution in [2.45, 2.75) is 26.8 Å². The SMILES string of the molecule is CC1CC(C)CN(Cc2c(O)ccc3c(-c4cc5cc(Cl)ccc5oc4=O)cc(=O)oc23)C1. The summed E-state index contributed by atoms with van der Waals surface area (Å²) in [6.07, 6.45) is 1.17. The first-order valence-corrected chi connectivity index (χ1v) is 11.4. The highest BCUT2D eigenvalue weighted by molar-refractivity contribution is 6.31. The van der Waals surface area contributed by atoms with Gasteiger partial charge in [0.1, 0.15) is 16.9 Å². The molecule has 1 aliphatic heterocycles. The van der Waals surface area contributed by atoms with Gasteiger partial charge in [0.25, 0.3) is 0 Å². The standard InChI is InChI=1S/C26H24ClNO5/c1-14-7-15(2)12-28(11-14)13-21-22(29)5-4-18-19(10-24(30)33-25(18)21)20-9-16-8-17(27)3-6-23(16)32-26(20)31/h3-6,8-10,14-15,29H,7,11-13H2,1-2H3. The Morgan fingerprint density at radius 3 is 2.52 bits per heavy atom. The van der Waals surface area contributed by atoms with Crippen molar-refractivity contribution in [2.24, 2.45) is 11.8 Å². The molecule has 1 fully saturated rings. The highest BCUT2D eigenvalue weighted by Gasteiger charge is 2.25. The first-order chi connectivity index (χ1) is 15.8. The fourth-order valence-corrected chi connectivity index (χ4v) is 5.25. The van der Waals surface area contributed by atoms with E-state index in [0.717, 1.165) is 13.1 Å². The van der Waals surface area contributed by atoms with Crippen molar-refractivity contribution in [1.29, 1.82) is 0 Å². The summed E-state index contributed by atoms with van der Waals surface area (Å²) in [6.45, 7) is 6.69. The van der Waals surface area contributed by atoms with Crippen LogP contribution in [0.5, 0.6) is 5.75 Å². The molecule has 5 rings (SSSR count). The van der Waals surface area contributed by atoms with Gasteiger partial charge >= 0.3 is 11.3 Å². The number of hydrogen-bond acceptors (Lipinski definition) is 6. The number of likely N-dealkylation sites (tertiary alicyclic amines) is 1. The Morgan fingerprint density at radius 2 is 1.76 bits per heavy atom. The second kappa shape index (κ2) is 8.36. The van der Waals surface area contributed by atoms with Crippen molar-refractivity contribution in [1.82, 2.24) is 4.90 Å². The fraction of sp³-hybridized carbons (Fsp3) is 0.308. The lowest BCUT2D eigenvalue weighted by Gasteiger charge is -2.35. The summed E-state index contributed by atoms with van der Waals surface area (Å²) >= 11 is 6.11. The van der Waals surface area contributed by atoms with Crippen molar-refractivity contribution < 1.29 is 13.9 Å². The van der Waals surface area contributed by atoms with Crippen LogP contribution in [0.25, 0.3) is 33.1 Å². The number of benzene rings is 2. The second-order valence-electron chi connectivity index (χ2n) is 9.19. The Kier molecular flexibility index (Phi) is 5.51. The molecule has 0 spiro atoms. The van der Waals surface area contributed by atoms with Crippen LogP contribution in [-0.4, -0.2) is 23.1 Å². The van der Waals surface area contributed by atoms with Crippen LogP contribution in [0.15, 0.2) is 60.9 Å². The molecule has 170 valence electrons. The van der Waals surface area contributed by atoms with E-state index in [2.05, 4.69) is 18.7 Å². The van der Waals surface area contributed by atoms with E-state index in [1.54, 1.807) is 36.4 Å². The molecule has 0 aliphatic carbocycles. The lowest BCUT2D eigenvalue weighted by molar-refractivity contribution is 0.133. The summed E-state index contributed by atoms with van der Waals surface area (Å²) in [7, 11) is 0. The summed E-state index contributed by atoms with van der Waals surface area (Å²) < 4.78 is 11.1. The van der Waals surface area contributed by atoms with Gasteiger partial charge in [-0.2, -0.15) is 0 Å². The van der Waals surface area contributed by atoms with Gasteiger partial charge in [-0.3, -0.25) is 4.90 Å². The summed E-state index contributed by atoms with van der Waals surface area (Å²) in [5.74, 6) is 1.15. The van der Waals surface area contributed by atoms with Crippen LogP contribution in [0.3, 0.4) is 0 Å². The molecular formula is C26H24ClNO5. The van der Waals surface area contributed by atoms with Crippen molar-refractivity contribution in [3.63, 3.8) is 0 Å². The third-order valence-electron chi connectivity index (χ3n) is 6.30. The molecule has 0 saturated carbocycles. The molecule has 0 radical (unpaired) electrons. The van der Waals surface area contributed by atoms with Crippen molar-refractivity contribution in [3.8, 4) is 16.9 Å². The van der Waals surface area contributed by atoms with E-state index in [0.29, 0.717) is 50.9 Å². The molecule has 0 amide bonds. The van der Waals surface area contributed by atoms with E-state index in [1.165, 1.54) is 12.5 Å². The van der Waals surface area contributed by atoms with Gasteiger partial charge in [-0.1, -0.05) is 25.4 Å². The zero-order valence-corrected chi connectivity index (χ0v) is 19.2. The van der Waals surface area contributed by atoms with Crippen molar-refractivity contribution >= 4 is 33.5 Å². The molecule has 2 aromatic carbocycles. The molecule has 1 aliphatic rings. The van der Waals surface area contributed by atoms with Crippen LogP contribution in [0.2, 0.25) is 5.02 Å². The summed E-state index contributed by atoms with van der Waals surface area (Å²) in [6, 6.07) is 11.2. The van der Waals surface area contributed by atoms with Gasteiger partial charge in [0.05, 0.1) is 11.1 Å². The number of nitrogens with zero attached hydrogens (tertiary/aromatic N) is 1. The molecule has 6 nitrogen and oxygen atoms in total. The number of phenols is 1. The molecule has 4 aromatic rings. The van der Waals surface area contributed by atoms with Crippen molar-refractivity contribution in [3.05, 3.63) is 73.9 Å². The molecule has 2 unspecified atom stereocenters. The zero-order chi connectivity index (χ0) is 23.3. The second-order valence-corrected chi connectivity index (χ2v) is 9.63. The maximum absolute atomic E-state index is 12.8. The van der Waals surface area contributed by atoms with Gasteiger partial charge in [-0.15, -0.1) is 0 Å². The van der Waals surface area contributed by atoms with Gasteiger partial charge < -0.3 is 13.9 Å². The van der Waals surface area contributed by atoms with Crippen molar-refractivity contribution in [2.75, 3.05) is 13.1 Å². The van der Waals surface area contributed by atoms with Gasteiger partial charge in [-0.05, 0) is 54.7 Å². The average Bonchev–Trinajstić information content (AvgIpc) is 2.74. The Morgan fingerprint density at radius 1 is 1.00 bits per heavy atom. The summed E-state index contributed by atoms with van der Waals surface area (Å²) in [5, 5.41) is 12.4. The quantitative estimate of drug-likeness (QED) is 0.407. The Labute approximate surface area is 195 Å². The van der Waals surface area contributed by atoms with Crippen LogP contribution >= 0.6 is 11.6 Å².